The van der Waals surface area contributed by atoms with Gasteiger partial charge in [-0.1, -0.05) is 44.5 Å². The number of rotatable bonds is 10. The van der Waals surface area contributed by atoms with Crippen molar-refractivity contribution in [2.45, 2.75) is 64.8 Å². The number of nitrogens with two attached hydrogens (primary N) is 1. The Labute approximate surface area is 151 Å². The molecular formula is C20H33N3O2. The van der Waals surface area contributed by atoms with Gasteiger partial charge in [-0.15, -0.1) is 0 Å². The summed E-state index contributed by atoms with van der Waals surface area (Å²) in [6.07, 6.45) is 3.76. The van der Waals surface area contributed by atoms with Crippen LogP contribution in [0.15, 0.2) is 24.3 Å². The number of hydrogen-bond acceptors (Lipinski definition) is 4. The maximum Gasteiger partial charge on any atom is 0.249 e. The van der Waals surface area contributed by atoms with Crippen molar-refractivity contribution < 1.29 is 9.53 Å². The largest absolute Gasteiger partial charge is 0.364 e. The third-order valence-corrected chi connectivity index (χ3v) is 4.80. The number of nitrogens with zero attached hydrogens (tertiary/aromatic N) is 1. The molecular weight excluding hydrogens is 314 g/mol. The fourth-order valence-corrected chi connectivity index (χ4v) is 3.20. The molecule has 0 unspecified atom stereocenters. The summed E-state index contributed by atoms with van der Waals surface area (Å²) < 4.78 is 5.65. The SMILES string of the molecule is CCCCN(CC)Cc1cccc(CNC(=O)[C@@H]2CC[C@H](CN)O2)c1. The molecule has 25 heavy (non-hydrogen) atoms. The summed E-state index contributed by atoms with van der Waals surface area (Å²) in [5.74, 6) is -0.0283. The molecule has 1 saturated heterocycles. The van der Waals surface area contributed by atoms with Gasteiger partial charge in [-0.05, 0) is 43.5 Å². The molecule has 0 saturated carbocycles. The van der Waals surface area contributed by atoms with Crippen molar-refractivity contribution in [3.05, 3.63) is 35.4 Å². The van der Waals surface area contributed by atoms with Gasteiger partial charge in [0.15, 0.2) is 0 Å². The Morgan fingerprint density at radius 1 is 1.32 bits per heavy atom. The number of amides is 1. The lowest BCUT2D eigenvalue weighted by molar-refractivity contribution is -0.132. The number of carbonyl (C=O) groups is 1. The molecule has 5 nitrogen and oxygen atoms in total. The summed E-state index contributed by atoms with van der Waals surface area (Å²) in [5, 5.41) is 3.00. The molecule has 1 aromatic rings. The molecule has 1 aliphatic heterocycles. The van der Waals surface area contributed by atoms with Crippen LogP contribution in [0.3, 0.4) is 0 Å². The van der Waals surface area contributed by atoms with E-state index in [1.54, 1.807) is 0 Å². The monoisotopic (exact) mass is 347 g/mol. The summed E-state index contributed by atoms with van der Waals surface area (Å²) >= 11 is 0. The van der Waals surface area contributed by atoms with Crippen molar-refractivity contribution in [2.24, 2.45) is 5.73 Å². The van der Waals surface area contributed by atoms with Gasteiger partial charge in [-0.3, -0.25) is 9.69 Å². The van der Waals surface area contributed by atoms with Gasteiger partial charge < -0.3 is 15.8 Å². The molecule has 1 heterocycles. The first-order chi connectivity index (χ1) is 12.2. The van der Waals surface area contributed by atoms with E-state index in [1.165, 1.54) is 18.4 Å². The average molecular weight is 348 g/mol. The lowest BCUT2D eigenvalue weighted by Crippen LogP contribution is -2.35. The first kappa shape index (κ1) is 19.9. The Morgan fingerprint density at radius 3 is 2.80 bits per heavy atom. The van der Waals surface area contributed by atoms with Crippen LogP contribution in [0.25, 0.3) is 0 Å². The molecule has 3 N–H and O–H groups in total. The Bertz CT molecular complexity index is 535. The van der Waals surface area contributed by atoms with Crippen LogP contribution in [-0.4, -0.2) is 42.6 Å². The number of unbranched alkanes of at least 4 members (excludes halogenated alkanes) is 1. The molecule has 1 amide bonds. The minimum atomic E-state index is -0.346. The van der Waals surface area contributed by atoms with Crippen molar-refractivity contribution >= 4 is 5.91 Å². The maximum atomic E-state index is 12.2. The van der Waals surface area contributed by atoms with Crippen LogP contribution < -0.4 is 11.1 Å². The van der Waals surface area contributed by atoms with Gasteiger partial charge in [0.1, 0.15) is 6.10 Å². The van der Waals surface area contributed by atoms with Crippen LogP contribution in [0.4, 0.5) is 0 Å². The molecule has 1 fully saturated rings. The van der Waals surface area contributed by atoms with Crippen molar-refractivity contribution in [2.75, 3.05) is 19.6 Å². The predicted molar refractivity (Wildman–Crippen MR) is 101 cm³/mol. The molecule has 5 heteroatoms. The summed E-state index contributed by atoms with van der Waals surface area (Å²) in [6.45, 7) is 8.61. The smallest absolute Gasteiger partial charge is 0.249 e. The third-order valence-electron chi connectivity index (χ3n) is 4.80. The second kappa shape index (κ2) is 10.5. The highest BCUT2D eigenvalue weighted by molar-refractivity contribution is 5.81. The van der Waals surface area contributed by atoms with E-state index in [9.17, 15) is 4.79 Å². The van der Waals surface area contributed by atoms with Crippen LogP contribution in [0.5, 0.6) is 0 Å². The molecule has 0 bridgehead atoms. The molecule has 2 rings (SSSR count). The van der Waals surface area contributed by atoms with Gasteiger partial charge in [-0.25, -0.2) is 0 Å². The van der Waals surface area contributed by atoms with E-state index in [1.807, 2.05) is 0 Å². The number of benzene rings is 1. The highest BCUT2D eigenvalue weighted by Crippen LogP contribution is 2.19. The van der Waals surface area contributed by atoms with Gasteiger partial charge >= 0.3 is 0 Å². The second-order valence-electron chi connectivity index (χ2n) is 6.82. The average Bonchev–Trinajstić information content (AvgIpc) is 3.13. The Balaban J connectivity index is 1.83. The van der Waals surface area contributed by atoms with Crippen LogP contribution in [0.2, 0.25) is 0 Å². The Kier molecular flexibility index (Phi) is 8.38. The zero-order valence-corrected chi connectivity index (χ0v) is 15.7. The lowest BCUT2D eigenvalue weighted by Gasteiger charge is -2.20. The fourth-order valence-electron chi connectivity index (χ4n) is 3.20. The number of carbonyl (C=O) groups excluding carboxylic acids is 1. The minimum absolute atomic E-state index is 0.0283. The van der Waals surface area contributed by atoms with E-state index >= 15 is 0 Å². The molecule has 1 aromatic carbocycles. The maximum absolute atomic E-state index is 12.2. The van der Waals surface area contributed by atoms with E-state index in [-0.39, 0.29) is 18.1 Å². The van der Waals surface area contributed by atoms with Crippen molar-refractivity contribution in [1.82, 2.24) is 10.2 Å². The van der Waals surface area contributed by atoms with Crippen LogP contribution in [0.1, 0.15) is 50.7 Å². The summed E-state index contributed by atoms with van der Waals surface area (Å²) in [4.78, 5) is 14.7. The zero-order valence-electron chi connectivity index (χ0n) is 15.7. The third kappa shape index (κ3) is 6.42. The highest BCUT2D eigenvalue weighted by Gasteiger charge is 2.29. The van der Waals surface area contributed by atoms with E-state index < -0.39 is 0 Å². The van der Waals surface area contributed by atoms with Crippen molar-refractivity contribution in [3.8, 4) is 0 Å². The second-order valence-corrected chi connectivity index (χ2v) is 6.82. The number of hydrogen-bond donors (Lipinski definition) is 2. The van der Waals surface area contributed by atoms with Crippen LogP contribution >= 0.6 is 0 Å². The Morgan fingerprint density at radius 2 is 2.12 bits per heavy atom. The van der Waals surface area contributed by atoms with E-state index in [0.29, 0.717) is 13.1 Å². The van der Waals surface area contributed by atoms with Gasteiger partial charge in [-0.2, -0.15) is 0 Å². The van der Waals surface area contributed by atoms with Gasteiger partial charge in [0.2, 0.25) is 5.91 Å². The van der Waals surface area contributed by atoms with Gasteiger partial charge in [0.05, 0.1) is 6.10 Å². The first-order valence-electron chi connectivity index (χ1n) is 9.59. The topological polar surface area (TPSA) is 67.6 Å². The molecule has 0 radical (unpaired) electrons. The lowest BCUT2D eigenvalue weighted by atomic mass is 10.1. The Hall–Kier alpha value is -1.43. The van der Waals surface area contributed by atoms with E-state index in [2.05, 4.69) is 48.3 Å². The molecule has 0 aliphatic carbocycles. The van der Waals surface area contributed by atoms with Gasteiger partial charge in [0.25, 0.3) is 0 Å². The quantitative estimate of drug-likeness (QED) is 0.682. The molecule has 140 valence electrons. The zero-order chi connectivity index (χ0) is 18.1. The first-order valence-corrected chi connectivity index (χ1v) is 9.59. The van der Waals surface area contributed by atoms with Crippen molar-refractivity contribution in [3.63, 3.8) is 0 Å². The summed E-state index contributed by atoms with van der Waals surface area (Å²) in [6, 6.07) is 8.48. The van der Waals surface area contributed by atoms with Crippen LogP contribution in [0, 0.1) is 0 Å². The van der Waals surface area contributed by atoms with Gasteiger partial charge in [0, 0.05) is 19.6 Å². The predicted octanol–water partition coefficient (Wildman–Crippen LogP) is 2.43. The van der Waals surface area contributed by atoms with Crippen LogP contribution in [-0.2, 0) is 22.6 Å². The van der Waals surface area contributed by atoms with E-state index in [0.717, 1.165) is 38.0 Å². The fraction of sp³-hybridized carbons (Fsp3) is 0.650. The normalized spacial score (nSPS) is 20.2. The number of ether oxygens (including phenoxy) is 1. The standard InChI is InChI=1S/C20H33N3O2/c1-3-5-11-23(4-2)15-17-8-6-7-16(12-17)14-22-20(24)19-10-9-18(13-21)25-19/h6-8,12,18-19H,3-5,9-11,13-15,21H2,1-2H3,(H,22,24)/t18-,19+/m1/s1. The summed E-state index contributed by atoms with van der Waals surface area (Å²) in [7, 11) is 0. The number of nitrogens with one attached hydrogen (secondary N) is 1. The van der Waals surface area contributed by atoms with Crippen molar-refractivity contribution in [1.29, 1.82) is 0 Å². The molecule has 0 spiro atoms. The molecule has 2 atom stereocenters. The molecule has 0 aromatic heterocycles. The minimum Gasteiger partial charge on any atom is -0.364 e. The summed E-state index contributed by atoms with van der Waals surface area (Å²) in [5.41, 5.74) is 8.03. The molecule has 1 aliphatic rings. The highest BCUT2D eigenvalue weighted by atomic mass is 16.5. The van der Waals surface area contributed by atoms with E-state index in [4.69, 9.17) is 10.5 Å².